The average Bonchev–Trinajstić information content (AvgIpc) is 2.38. The van der Waals surface area contributed by atoms with Gasteiger partial charge in [0.2, 0.25) is 0 Å². The Morgan fingerprint density at radius 2 is 2.00 bits per heavy atom. The average molecular weight is 277 g/mol. The lowest BCUT2D eigenvalue weighted by Crippen LogP contribution is -2.40. The SMILES string of the molecule is CNC(COC(C)OCCCNC(N)=O)C(=O)OC. The molecule has 2 amide bonds. The molecule has 0 aromatic carbocycles. The number of amides is 2. The van der Waals surface area contributed by atoms with E-state index in [1.807, 2.05) is 0 Å². The van der Waals surface area contributed by atoms with Gasteiger partial charge in [-0.15, -0.1) is 0 Å². The van der Waals surface area contributed by atoms with Crippen molar-refractivity contribution in [1.29, 1.82) is 0 Å². The summed E-state index contributed by atoms with van der Waals surface area (Å²) in [4.78, 5) is 21.7. The first-order valence-electron chi connectivity index (χ1n) is 6.02. The van der Waals surface area contributed by atoms with E-state index in [0.717, 1.165) is 0 Å². The second-order valence-corrected chi connectivity index (χ2v) is 3.78. The Labute approximate surface area is 112 Å². The molecule has 4 N–H and O–H groups in total. The third-order valence-electron chi connectivity index (χ3n) is 2.30. The predicted octanol–water partition coefficient (Wildman–Crippen LogP) is -0.815. The number of likely N-dealkylation sites (N-methyl/N-ethyl adjacent to an activating group) is 1. The summed E-state index contributed by atoms with van der Waals surface area (Å²) < 4.78 is 15.3. The monoisotopic (exact) mass is 277 g/mol. The van der Waals surface area contributed by atoms with E-state index < -0.39 is 18.4 Å². The summed E-state index contributed by atoms with van der Waals surface area (Å²) in [6.45, 7) is 2.75. The minimum Gasteiger partial charge on any atom is -0.468 e. The van der Waals surface area contributed by atoms with Gasteiger partial charge < -0.3 is 30.6 Å². The van der Waals surface area contributed by atoms with Crippen molar-refractivity contribution in [3.05, 3.63) is 0 Å². The van der Waals surface area contributed by atoms with Gasteiger partial charge in [-0.2, -0.15) is 0 Å². The Morgan fingerprint density at radius 1 is 1.32 bits per heavy atom. The lowest BCUT2D eigenvalue weighted by Gasteiger charge is -2.18. The van der Waals surface area contributed by atoms with Crippen LogP contribution in [0.15, 0.2) is 0 Å². The lowest BCUT2D eigenvalue weighted by molar-refractivity contribution is -0.155. The molecule has 2 unspecified atom stereocenters. The Kier molecular flexibility index (Phi) is 9.77. The number of esters is 1. The van der Waals surface area contributed by atoms with Crippen LogP contribution in [0.1, 0.15) is 13.3 Å². The zero-order chi connectivity index (χ0) is 14.7. The van der Waals surface area contributed by atoms with E-state index in [-0.39, 0.29) is 12.6 Å². The molecular weight excluding hydrogens is 254 g/mol. The standard InChI is InChI=1S/C11H23N3O5/c1-8(18-6-4-5-14-11(12)16)19-7-9(13-2)10(15)17-3/h8-9,13H,4-7H2,1-3H3,(H3,12,14,16). The number of hydrogen-bond acceptors (Lipinski definition) is 6. The second kappa shape index (κ2) is 10.5. The highest BCUT2D eigenvalue weighted by molar-refractivity contribution is 5.75. The van der Waals surface area contributed by atoms with Crippen LogP contribution in [-0.4, -0.2) is 58.2 Å². The van der Waals surface area contributed by atoms with Gasteiger partial charge in [0.25, 0.3) is 0 Å². The molecule has 0 heterocycles. The van der Waals surface area contributed by atoms with Crippen molar-refractivity contribution in [3.8, 4) is 0 Å². The Balaban J connectivity index is 3.65. The first-order valence-corrected chi connectivity index (χ1v) is 6.02. The van der Waals surface area contributed by atoms with Crippen molar-refractivity contribution < 1.29 is 23.8 Å². The Morgan fingerprint density at radius 3 is 2.53 bits per heavy atom. The fraction of sp³-hybridized carbons (Fsp3) is 0.818. The van der Waals surface area contributed by atoms with Crippen LogP contribution in [0.3, 0.4) is 0 Å². The molecule has 0 saturated heterocycles. The second-order valence-electron chi connectivity index (χ2n) is 3.78. The topological polar surface area (TPSA) is 112 Å². The van der Waals surface area contributed by atoms with Gasteiger partial charge in [-0.1, -0.05) is 0 Å². The fourth-order valence-electron chi connectivity index (χ4n) is 1.22. The van der Waals surface area contributed by atoms with Crippen molar-refractivity contribution in [2.75, 3.05) is 33.9 Å². The zero-order valence-corrected chi connectivity index (χ0v) is 11.6. The molecule has 8 nitrogen and oxygen atoms in total. The molecule has 0 aliphatic heterocycles. The summed E-state index contributed by atoms with van der Waals surface area (Å²) >= 11 is 0. The van der Waals surface area contributed by atoms with Gasteiger partial charge in [-0.3, -0.25) is 4.79 Å². The molecule has 0 saturated carbocycles. The number of nitrogens with two attached hydrogens (primary N) is 1. The molecule has 0 fully saturated rings. The first-order chi connectivity index (χ1) is 9.01. The van der Waals surface area contributed by atoms with Crippen LogP contribution in [0.5, 0.6) is 0 Å². The van der Waals surface area contributed by atoms with Crippen molar-refractivity contribution in [1.82, 2.24) is 10.6 Å². The van der Waals surface area contributed by atoms with E-state index in [9.17, 15) is 9.59 Å². The number of methoxy groups -OCH3 is 1. The number of nitrogens with one attached hydrogen (secondary N) is 2. The smallest absolute Gasteiger partial charge is 0.325 e. The molecule has 0 bridgehead atoms. The molecule has 0 aliphatic carbocycles. The number of primary amides is 1. The molecule has 8 heteroatoms. The van der Waals surface area contributed by atoms with Crippen LogP contribution in [0.4, 0.5) is 4.79 Å². The third-order valence-corrected chi connectivity index (χ3v) is 2.30. The van der Waals surface area contributed by atoms with Crippen molar-refractivity contribution >= 4 is 12.0 Å². The summed E-state index contributed by atoms with van der Waals surface area (Å²) in [5, 5.41) is 5.23. The van der Waals surface area contributed by atoms with Gasteiger partial charge in [0.15, 0.2) is 6.29 Å². The first kappa shape index (κ1) is 17.6. The molecule has 112 valence electrons. The highest BCUT2D eigenvalue weighted by Gasteiger charge is 2.18. The molecule has 0 aliphatic rings. The van der Waals surface area contributed by atoms with E-state index in [1.165, 1.54) is 7.11 Å². The van der Waals surface area contributed by atoms with Crippen molar-refractivity contribution in [2.24, 2.45) is 5.73 Å². The third kappa shape index (κ3) is 9.23. The normalized spacial score (nSPS) is 13.6. The Bertz CT molecular complexity index is 275. The maximum Gasteiger partial charge on any atom is 0.325 e. The van der Waals surface area contributed by atoms with Gasteiger partial charge >= 0.3 is 12.0 Å². The van der Waals surface area contributed by atoms with Crippen LogP contribution in [0, 0.1) is 0 Å². The summed E-state index contributed by atoms with van der Waals surface area (Å²) in [6.07, 6.45) is 0.178. The van der Waals surface area contributed by atoms with Gasteiger partial charge in [0, 0.05) is 6.54 Å². The van der Waals surface area contributed by atoms with Crippen LogP contribution >= 0.6 is 0 Å². The highest BCUT2D eigenvalue weighted by atomic mass is 16.7. The van der Waals surface area contributed by atoms with Crippen molar-refractivity contribution in [2.45, 2.75) is 25.7 Å². The molecular formula is C11H23N3O5. The predicted molar refractivity (Wildman–Crippen MR) is 68.4 cm³/mol. The highest BCUT2D eigenvalue weighted by Crippen LogP contribution is 1.98. The number of urea groups is 1. The summed E-state index contributed by atoms with van der Waals surface area (Å²) in [6, 6.07) is -1.08. The van der Waals surface area contributed by atoms with Crippen LogP contribution in [0.2, 0.25) is 0 Å². The van der Waals surface area contributed by atoms with Gasteiger partial charge in [-0.05, 0) is 20.4 Å². The number of hydrogen-bond donors (Lipinski definition) is 3. The number of carbonyl (C=O) groups excluding carboxylic acids is 2. The summed E-state index contributed by atoms with van der Waals surface area (Å²) in [7, 11) is 2.96. The summed E-state index contributed by atoms with van der Waals surface area (Å²) in [5.41, 5.74) is 4.91. The van der Waals surface area contributed by atoms with Crippen LogP contribution in [0.25, 0.3) is 0 Å². The van der Waals surface area contributed by atoms with E-state index in [1.54, 1.807) is 14.0 Å². The van der Waals surface area contributed by atoms with E-state index >= 15 is 0 Å². The van der Waals surface area contributed by atoms with Gasteiger partial charge in [-0.25, -0.2) is 4.79 Å². The molecule has 0 spiro atoms. The molecule has 2 atom stereocenters. The van der Waals surface area contributed by atoms with Gasteiger partial charge in [0.05, 0.1) is 20.3 Å². The molecule has 0 radical (unpaired) electrons. The lowest BCUT2D eigenvalue weighted by atomic mass is 10.3. The molecule has 0 rings (SSSR count). The quantitative estimate of drug-likeness (QED) is 0.273. The maximum atomic E-state index is 11.3. The minimum absolute atomic E-state index is 0.157. The van der Waals surface area contributed by atoms with E-state index in [0.29, 0.717) is 19.6 Å². The molecule has 19 heavy (non-hydrogen) atoms. The van der Waals surface area contributed by atoms with E-state index in [4.69, 9.17) is 15.2 Å². The number of carbonyl (C=O) groups is 2. The number of rotatable bonds is 10. The number of ether oxygens (including phenoxy) is 3. The zero-order valence-electron chi connectivity index (χ0n) is 11.6. The Hall–Kier alpha value is -1.38. The fourth-order valence-corrected chi connectivity index (χ4v) is 1.22. The van der Waals surface area contributed by atoms with Crippen LogP contribution < -0.4 is 16.4 Å². The summed E-state index contributed by atoms with van der Waals surface area (Å²) in [5.74, 6) is -0.389. The minimum atomic E-state index is -0.556. The molecule has 0 aromatic heterocycles. The van der Waals surface area contributed by atoms with Crippen LogP contribution in [-0.2, 0) is 19.0 Å². The van der Waals surface area contributed by atoms with Gasteiger partial charge in [0.1, 0.15) is 6.04 Å². The largest absolute Gasteiger partial charge is 0.468 e. The maximum absolute atomic E-state index is 11.3. The molecule has 0 aromatic rings. The van der Waals surface area contributed by atoms with E-state index in [2.05, 4.69) is 15.4 Å². The van der Waals surface area contributed by atoms with Crippen molar-refractivity contribution in [3.63, 3.8) is 0 Å².